The summed E-state index contributed by atoms with van der Waals surface area (Å²) in [5.41, 5.74) is 7.99. The fourth-order valence-electron chi connectivity index (χ4n) is 3.87. The second kappa shape index (κ2) is 9.71. The van der Waals surface area contributed by atoms with E-state index < -0.39 is 16.1 Å². The fourth-order valence-corrected chi connectivity index (χ4v) is 4.64. The van der Waals surface area contributed by atoms with E-state index in [0.717, 1.165) is 12.1 Å². The Morgan fingerprint density at radius 1 is 1.15 bits per heavy atom. The van der Waals surface area contributed by atoms with Gasteiger partial charge in [-0.05, 0) is 49.3 Å². The molecule has 2 N–H and O–H groups in total. The molecule has 0 saturated heterocycles. The van der Waals surface area contributed by atoms with Gasteiger partial charge in [-0.25, -0.2) is 13.4 Å². The molecular formula is C24H32N6O3S. The summed E-state index contributed by atoms with van der Waals surface area (Å²) in [6, 6.07) is 12.9. The predicted octanol–water partition coefficient (Wildman–Crippen LogP) is 3.25. The van der Waals surface area contributed by atoms with Gasteiger partial charge in [0.2, 0.25) is 21.8 Å². The van der Waals surface area contributed by atoms with Crippen molar-refractivity contribution in [2.24, 2.45) is 17.6 Å². The lowest BCUT2D eigenvalue weighted by molar-refractivity contribution is 0.457. The van der Waals surface area contributed by atoms with Crippen molar-refractivity contribution >= 4 is 21.7 Å². The van der Waals surface area contributed by atoms with E-state index in [9.17, 15) is 8.42 Å². The number of hydrogen-bond acceptors (Lipinski definition) is 8. The van der Waals surface area contributed by atoms with Gasteiger partial charge in [0.15, 0.2) is 0 Å². The molecule has 9 nitrogen and oxygen atoms in total. The zero-order chi connectivity index (χ0) is 24.5. The number of pyridine rings is 1. The van der Waals surface area contributed by atoms with E-state index in [1.807, 2.05) is 48.3 Å². The van der Waals surface area contributed by atoms with Crippen LogP contribution in [0.2, 0.25) is 0 Å². The Kier molecular flexibility index (Phi) is 6.90. The third-order valence-electron chi connectivity index (χ3n) is 6.38. The van der Waals surface area contributed by atoms with Crippen LogP contribution in [0.15, 0.2) is 46.9 Å². The van der Waals surface area contributed by atoms with Crippen molar-refractivity contribution in [3.8, 4) is 11.5 Å². The van der Waals surface area contributed by atoms with Gasteiger partial charge in [0, 0.05) is 26.2 Å². The molecular weight excluding hydrogens is 452 g/mol. The van der Waals surface area contributed by atoms with E-state index in [1.165, 1.54) is 17.8 Å². The summed E-state index contributed by atoms with van der Waals surface area (Å²) >= 11 is 0. The molecule has 1 aliphatic carbocycles. The van der Waals surface area contributed by atoms with Crippen molar-refractivity contribution in [1.82, 2.24) is 15.2 Å². The number of benzene rings is 1. The minimum Gasteiger partial charge on any atom is -0.419 e. The fraction of sp³-hybridized carbons (Fsp3) is 0.458. The molecule has 1 aromatic carbocycles. The third kappa shape index (κ3) is 5.39. The standard InChI is InChI=1S/C24H32N6O3S/c1-5-34(31,32)30(4)22-14-18(13-21(26-22)29(3)15-19-11-16(19)2)23-27-28-24(33-23)20(25)12-17-9-7-6-8-10-17/h6-10,13-14,16,19-20H,5,11-12,15,25H2,1-4H3. The average Bonchev–Trinajstić information content (AvgIpc) is 3.31. The number of hydrogen-bond donors (Lipinski definition) is 1. The van der Waals surface area contributed by atoms with Crippen molar-refractivity contribution in [3.05, 3.63) is 53.9 Å². The quantitative estimate of drug-likeness (QED) is 0.466. The van der Waals surface area contributed by atoms with Crippen molar-refractivity contribution in [3.63, 3.8) is 0 Å². The molecule has 1 saturated carbocycles. The number of sulfonamides is 1. The van der Waals surface area contributed by atoms with Crippen LogP contribution >= 0.6 is 0 Å². The third-order valence-corrected chi connectivity index (χ3v) is 8.13. The van der Waals surface area contributed by atoms with Gasteiger partial charge in [-0.1, -0.05) is 37.3 Å². The van der Waals surface area contributed by atoms with Gasteiger partial charge in [-0.15, -0.1) is 10.2 Å². The lowest BCUT2D eigenvalue weighted by Gasteiger charge is -2.23. The van der Waals surface area contributed by atoms with E-state index in [2.05, 4.69) is 22.1 Å². The first-order valence-electron chi connectivity index (χ1n) is 11.5. The number of nitrogens with two attached hydrogens (primary N) is 1. The SMILES string of the molecule is CCS(=O)(=O)N(C)c1cc(-c2nnc(C(N)Cc3ccccc3)o2)cc(N(C)CC2CC2C)n1. The van der Waals surface area contributed by atoms with Gasteiger partial charge in [-0.3, -0.25) is 4.31 Å². The van der Waals surface area contributed by atoms with Gasteiger partial charge in [0.1, 0.15) is 11.6 Å². The minimum atomic E-state index is -3.49. The Balaban J connectivity index is 1.65. The molecule has 3 aromatic rings. The minimum absolute atomic E-state index is 0.0286. The van der Waals surface area contributed by atoms with Gasteiger partial charge >= 0.3 is 0 Å². The molecule has 3 atom stereocenters. The van der Waals surface area contributed by atoms with Crippen LogP contribution in [0.1, 0.15) is 37.8 Å². The highest BCUT2D eigenvalue weighted by Gasteiger charge is 2.33. The number of aromatic nitrogens is 3. The highest BCUT2D eigenvalue weighted by atomic mass is 32.2. The summed E-state index contributed by atoms with van der Waals surface area (Å²) in [6.45, 7) is 4.68. The van der Waals surface area contributed by atoms with Crippen molar-refractivity contribution in [2.75, 3.05) is 35.6 Å². The summed E-state index contributed by atoms with van der Waals surface area (Å²) in [5, 5.41) is 8.37. The maximum atomic E-state index is 12.5. The smallest absolute Gasteiger partial charge is 0.248 e. The van der Waals surface area contributed by atoms with Crippen LogP contribution < -0.4 is 14.9 Å². The zero-order valence-corrected chi connectivity index (χ0v) is 20.9. The summed E-state index contributed by atoms with van der Waals surface area (Å²) in [5.74, 6) is 2.84. The highest BCUT2D eigenvalue weighted by molar-refractivity contribution is 7.92. The van der Waals surface area contributed by atoms with Crippen LogP contribution in [0, 0.1) is 11.8 Å². The predicted molar refractivity (Wildman–Crippen MR) is 133 cm³/mol. The largest absolute Gasteiger partial charge is 0.419 e. The summed E-state index contributed by atoms with van der Waals surface area (Å²) < 4.78 is 32.2. The van der Waals surface area contributed by atoms with Crippen molar-refractivity contribution < 1.29 is 12.8 Å². The lowest BCUT2D eigenvalue weighted by Crippen LogP contribution is -2.30. The van der Waals surface area contributed by atoms with Crippen LogP contribution in [0.5, 0.6) is 0 Å². The molecule has 34 heavy (non-hydrogen) atoms. The summed E-state index contributed by atoms with van der Waals surface area (Å²) in [7, 11) is -0.0201. The Labute approximate surface area is 201 Å². The number of nitrogens with zero attached hydrogens (tertiary/aromatic N) is 5. The second-order valence-corrected chi connectivity index (χ2v) is 11.3. The van der Waals surface area contributed by atoms with Gasteiger partial charge in [-0.2, -0.15) is 0 Å². The molecule has 4 rings (SSSR count). The molecule has 182 valence electrons. The molecule has 3 unspecified atom stereocenters. The van der Waals surface area contributed by atoms with Gasteiger partial charge in [0.25, 0.3) is 0 Å². The van der Waals surface area contributed by atoms with Crippen LogP contribution in [-0.4, -0.2) is 50.0 Å². The number of rotatable bonds is 10. The Morgan fingerprint density at radius 2 is 1.82 bits per heavy atom. The summed E-state index contributed by atoms with van der Waals surface area (Å²) in [4.78, 5) is 6.68. The normalized spacial score (nSPS) is 18.5. The van der Waals surface area contributed by atoms with Crippen molar-refractivity contribution in [1.29, 1.82) is 0 Å². The summed E-state index contributed by atoms with van der Waals surface area (Å²) in [6.07, 6.45) is 1.75. The van der Waals surface area contributed by atoms with Gasteiger partial charge in [0.05, 0.1) is 11.8 Å². The second-order valence-electron chi connectivity index (χ2n) is 9.04. The van der Waals surface area contributed by atoms with E-state index >= 15 is 0 Å². The molecule has 0 bridgehead atoms. The first kappa shape index (κ1) is 24.2. The topological polar surface area (TPSA) is 118 Å². The lowest BCUT2D eigenvalue weighted by atomic mass is 10.1. The Bertz CT molecular complexity index is 1230. The van der Waals surface area contributed by atoms with E-state index in [0.29, 0.717) is 41.3 Å². The van der Waals surface area contributed by atoms with Crippen molar-refractivity contribution in [2.45, 2.75) is 32.7 Å². The van der Waals surface area contributed by atoms with E-state index in [1.54, 1.807) is 13.0 Å². The molecule has 0 spiro atoms. The molecule has 0 radical (unpaired) electrons. The Hall–Kier alpha value is -2.98. The number of anilines is 2. The molecule has 1 fully saturated rings. The molecule has 0 amide bonds. The molecule has 1 aliphatic rings. The van der Waals surface area contributed by atoms with Crippen LogP contribution in [-0.2, 0) is 16.4 Å². The maximum absolute atomic E-state index is 12.5. The molecule has 10 heteroatoms. The average molecular weight is 485 g/mol. The van der Waals surface area contributed by atoms with Crippen LogP contribution in [0.3, 0.4) is 0 Å². The highest BCUT2D eigenvalue weighted by Crippen LogP contribution is 2.39. The molecule has 2 aromatic heterocycles. The van der Waals surface area contributed by atoms with E-state index in [4.69, 9.17) is 10.2 Å². The first-order chi connectivity index (χ1) is 16.2. The molecule has 0 aliphatic heterocycles. The first-order valence-corrected chi connectivity index (χ1v) is 13.1. The van der Waals surface area contributed by atoms with Crippen LogP contribution in [0.4, 0.5) is 11.6 Å². The Morgan fingerprint density at radius 3 is 2.47 bits per heavy atom. The monoisotopic (exact) mass is 484 g/mol. The zero-order valence-electron chi connectivity index (χ0n) is 20.0. The van der Waals surface area contributed by atoms with Crippen LogP contribution in [0.25, 0.3) is 11.5 Å². The molecule has 2 heterocycles. The van der Waals surface area contributed by atoms with Gasteiger partial charge < -0.3 is 15.1 Å². The van der Waals surface area contributed by atoms with E-state index in [-0.39, 0.29) is 11.6 Å². The maximum Gasteiger partial charge on any atom is 0.248 e.